The van der Waals surface area contributed by atoms with Crippen molar-refractivity contribution in [3.05, 3.63) is 23.0 Å². The average Bonchev–Trinajstić information content (AvgIpc) is 2.90. The van der Waals surface area contributed by atoms with Crippen molar-refractivity contribution in [3.8, 4) is 0 Å². The van der Waals surface area contributed by atoms with E-state index in [9.17, 15) is 13.6 Å². The Bertz CT molecular complexity index is 666. The van der Waals surface area contributed by atoms with Gasteiger partial charge in [-0.15, -0.1) is 0 Å². The molecule has 0 unspecified atom stereocenters. The highest BCUT2D eigenvalue weighted by Gasteiger charge is 2.49. The Hall–Kier alpha value is -1.83. The number of rotatable bonds is 2. The molecule has 1 saturated carbocycles. The van der Waals surface area contributed by atoms with Crippen LogP contribution in [0, 0.1) is 5.92 Å². The number of nitrogens with one attached hydrogen (secondary N) is 1. The lowest BCUT2D eigenvalue weighted by molar-refractivity contribution is -0.0551. The molecule has 2 atom stereocenters. The summed E-state index contributed by atoms with van der Waals surface area (Å²) in [5, 5.41) is 9.00. The lowest BCUT2D eigenvalue weighted by Gasteiger charge is -2.14. The molecule has 1 aliphatic rings. The predicted molar refractivity (Wildman–Crippen MR) is 61.9 cm³/mol. The maximum atomic E-state index is 13.6. The predicted octanol–water partition coefficient (Wildman–Crippen LogP) is 0.698. The fraction of sp³-hybridized carbons (Fsp3) is 0.545. The second kappa shape index (κ2) is 4.09. The van der Waals surface area contributed by atoms with Crippen LogP contribution >= 0.6 is 0 Å². The highest BCUT2D eigenvalue weighted by atomic mass is 19.3. The van der Waals surface area contributed by atoms with Gasteiger partial charge < -0.3 is 14.7 Å². The van der Waals surface area contributed by atoms with Crippen molar-refractivity contribution >= 4 is 11.2 Å². The third kappa shape index (κ3) is 1.83. The molecule has 6 nitrogen and oxygen atoms in total. The Morgan fingerprint density at radius 1 is 1.53 bits per heavy atom. The number of alkyl halides is 2. The van der Waals surface area contributed by atoms with Crippen molar-refractivity contribution in [2.24, 2.45) is 5.92 Å². The molecule has 1 fully saturated rings. The molecule has 0 bridgehead atoms. The molecule has 102 valence electrons. The van der Waals surface area contributed by atoms with Gasteiger partial charge in [-0.25, -0.2) is 18.7 Å². The number of hydrogen-bond donors (Lipinski definition) is 2. The van der Waals surface area contributed by atoms with Crippen molar-refractivity contribution in [3.63, 3.8) is 0 Å². The summed E-state index contributed by atoms with van der Waals surface area (Å²) in [7, 11) is 0. The number of aromatic nitrogens is 4. The summed E-state index contributed by atoms with van der Waals surface area (Å²) in [5.41, 5.74) is 0.0358. The number of hydrogen-bond acceptors (Lipinski definition) is 4. The highest BCUT2D eigenvalue weighted by Crippen LogP contribution is 2.46. The Morgan fingerprint density at radius 3 is 3.00 bits per heavy atom. The van der Waals surface area contributed by atoms with Gasteiger partial charge in [0, 0.05) is 18.4 Å². The maximum absolute atomic E-state index is 13.6. The van der Waals surface area contributed by atoms with E-state index in [-0.39, 0.29) is 18.4 Å². The fourth-order valence-corrected chi connectivity index (χ4v) is 2.62. The highest BCUT2D eigenvalue weighted by molar-refractivity contribution is 5.68. The average molecular weight is 270 g/mol. The van der Waals surface area contributed by atoms with E-state index in [0.717, 1.165) is 0 Å². The van der Waals surface area contributed by atoms with Crippen molar-refractivity contribution in [2.45, 2.75) is 24.8 Å². The van der Waals surface area contributed by atoms with Gasteiger partial charge in [0.2, 0.25) is 0 Å². The first-order valence-electron chi connectivity index (χ1n) is 5.92. The minimum Gasteiger partial charge on any atom is -0.396 e. The molecule has 2 heterocycles. The van der Waals surface area contributed by atoms with Crippen LogP contribution in [0.25, 0.3) is 11.2 Å². The standard InChI is InChI=1S/C11H12F2N4O2/c12-11(13)2-7(1-6(11)3-18)17-5-16-8-9(17)14-4-15-10(8)19/h4-7,18H,1-3H2,(H,14,15,19)/t6-,7+/m0/s1. The van der Waals surface area contributed by atoms with Crippen molar-refractivity contribution in [2.75, 3.05) is 6.61 Å². The Kier molecular flexibility index (Phi) is 2.63. The van der Waals surface area contributed by atoms with Gasteiger partial charge in [-0.3, -0.25) is 4.79 Å². The zero-order valence-corrected chi connectivity index (χ0v) is 9.88. The van der Waals surface area contributed by atoms with E-state index >= 15 is 0 Å². The van der Waals surface area contributed by atoms with Gasteiger partial charge in [-0.05, 0) is 6.42 Å². The molecule has 0 saturated heterocycles. The maximum Gasteiger partial charge on any atom is 0.278 e. The van der Waals surface area contributed by atoms with E-state index < -0.39 is 30.0 Å². The lowest BCUT2D eigenvalue weighted by Crippen LogP contribution is -2.24. The molecule has 1 aliphatic carbocycles. The first-order valence-corrected chi connectivity index (χ1v) is 5.92. The topological polar surface area (TPSA) is 83.8 Å². The molecule has 2 N–H and O–H groups in total. The van der Waals surface area contributed by atoms with Gasteiger partial charge in [-0.2, -0.15) is 0 Å². The minimum absolute atomic E-state index is 0.137. The largest absolute Gasteiger partial charge is 0.396 e. The molecule has 0 aliphatic heterocycles. The normalized spacial score (nSPS) is 26.1. The van der Waals surface area contributed by atoms with Gasteiger partial charge >= 0.3 is 0 Å². The Morgan fingerprint density at radius 2 is 2.32 bits per heavy atom. The van der Waals surface area contributed by atoms with Crippen LogP contribution < -0.4 is 5.56 Å². The van der Waals surface area contributed by atoms with E-state index in [1.54, 1.807) is 0 Å². The van der Waals surface area contributed by atoms with Gasteiger partial charge in [0.15, 0.2) is 11.2 Å². The third-order valence-corrected chi connectivity index (χ3v) is 3.64. The van der Waals surface area contributed by atoms with Crippen LogP contribution in [0.3, 0.4) is 0 Å². The number of halogens is 2. The summed E-state index contributed by atoms with van der Waals surface area (Å²) >= 11 is 0. The molecular weight excluding hydrogens is 258 g/mol. The van der Waals surface area contributed by atoms with Crippen LogP contribution in [0.4, 0.5) is 8.78 Å². The number of nitrogens with zero attached hydrogens (tertiary/aromatic N) is 3. The zero-order chi connectivity index (χ0) is 13.6. The van der Waals surface area contributed by atoms with Crippen molar-refractivity contribution < 1.29 is 13.9 Å². The quantitative estimate of drug-likeness (QED) is 0.841. The SMILES string of the molecule is O=c1[nH]cnc2c1ncn2[C@@H]1C[C@@H](CO)C(F)(F)C1. The van der Waals surface area contributed by atoms with Crippen LogP contribution in [-0.4, -0.2) is 37.2 Å². The molecule has 3 rings (SSSR count). The van der Waals surface area contributed by atoms with E-state index in [2.05, 4.69) is 15.0 Å². The first kappa shape index (κ1) is 12.2. The van der Waals surface area contributed by atoms with Crippen LogP contribution in [0.15, 0.2) is 17.4 Å². The van der Waals surface area contributed by atoms with Crippen LogP contribution in [0.1, 0.15) is 18.9 Å². The van der Waals surface area contributed by atoms with Crippen molar-refractivity contribution in [1.29, 1.82) is 0 Å². The van der Waals surface area contributed by atoms with Gasteiger partial charge in [0.1, 0.15) is 0 Å². The van der Waals surface area contributed by atoms with E-state index in [4.69, 9.17) is 5.11 Å². The molecule has 0 aromatic carbocycles. The number of aromatic amines is 1. The van der Waals surface area contributed by atoms with E-state index in [1.807, 2.05) is 0 Å². The molecule has 0 radical (unpaired) electrons. The number of H-pyrrole nitrogens is 1. The fourth-order valence-electron chi connectivity index (χ4n) is 2.62. The van der Waals surface area contributed by atoms with Crippen molar-refractivity contribution in [1.82, 2.24) is 19.5 Å². The zero-order valence-electron chi connectivity index (χ0n) is 9.88. The van der Waals surface area contributed by atoms with Gasteiger partial charge in [0.25, 0.3) is 11.5 Å². The Balaban J connectivity index is 2.03. The van der Waals surface area contributed by atoms with E-state index in [1.165, 1.54) is 17.2 Å². The molecule has 2 aromatic heterocycles. The first-order chi connectivity index (χ1) is 9.03. The summed E-state index contributed by atoms with van der Waals surface area (Å²) in [6, 6.07) is -0.508. The number of imidazole rings is 1. The molecule has 19 heavy (non-hydrogen) atoms. The summed E-state index contributed by atoms with van der Waals surface area (Å²) in [4.78, 5) is 21.8. The molecule has 0 spiro atoms. The Labute approximate surface area is 106 Å². The molecule has 8 heteroatoms. The lowest BCUT2D eigenvalue weighted by atomic mass is 10.1. The second-order valence-electron chi connectivity index (χ2n) is 4.79. The van der Waals surface area contributed by atoms with Crippen LogP contribution in [-0.2, 0) is 0 Å². The summed E-state index contributed by atoms with van der Waals surface area (Å²) in [6.07, 6.45) is 2.34. The molecule has 2 aromatic rings. The second-order valence-corrected chi connectivity index (χ2v) is 4.79. The summed E-state index contributed by atoms with van der Waals surface area (Å²) < 4.78 is 28.8. The number of fused-ring (bicyclic) bond motifs is 1. The van der Waals surface area contributed by atoms with Crippen LogP contribution in [0.5, 0.6) is 0 Å². The number of aliphatic hydroxyl groups excluding tert-OH is 1. The summed E-state index contributed by atoms with van der Waals surface area (Å²) in [5.74, 6) is -3.96. The minimum atomic E-state index is -2.91. The monoisotopic (exact) mass is 270 g/mol. The number of aliphatic hydroxyl groups is 1. The molecule has 0 amide bonds. The smallest absolute Gasteiger partial charge is 0.278 e. The van der Waals surface area contributed by atoms with Gasteiger partial charge in [-0.1, -0.05) is 0 Å². The van der Waals surface area contributed by atoms with Gasteiger partial charge in [0.05, 0.1) is 19.3 Å². The summed E-state index contributed by atoms with van der Waals surface area (Å²) in [6.45, 7) is -0.551. The van der Waals surface area contributed by atoms with Crippen LogP contribution in [0.2, 0.25) is 0 Å². The van der Waals surface area contributed by atoms with E-state index in [0.29, 0.717) is 5.65 Å². The molecular formula is C11H12F2N4O2. The third-order valence-electron chi connectivity index (χ3n) is 3.64.